The quantitative estimate of drug-likeness (QED) is 0.483. The lowest BCUT2D eigenvalue weighted by atomic mass is 10.2. The van der Waals surface area contributed by atoms with Gasteiger partial charge in [-0.1, -0.05) is 43.3 Å². The van der Waals surface area contributed by atoms with Crippen LogP contribution in [0.25, 0.3) is 17.0 Å². The van der Waals surface area contributed by atoms with Crippen LogP contribution in [-0.4, -0.2) is 42.9 Å². The monoisotopic (exact) mass is 404 g/mol. The van der Waals surface area contributed by atoms with Crippen LogP contribution in [0.15, 0.2) is 48.5 Å². The molecule has 0 bridgehead atoms. The van der Waals surface area contributed by atoms with E-state index in [1.807, 2.05) is 37.3 Å². The van der Waals surface area contributed by atoms with Gasteiger partial charge in [-0.3, -0.25) is 0 Å². The Morgan fingerprint density at radius 1 is 1.10 bits per heavy atom. The van der Waals surface area contributed by atoms with Gasteiger partial charge in [0.15, 0.2) is 5.82 Å². The summed E-state index contributed by atoms with van der Waals surface area (Å²) in [5.41, 5.74) is 2.72. The largest absolute Gasteiger partial charge is 0.478 e. The van der Waals surface area contributed by atoms with E-state index < -0.39 is 5.97 Å². The number of para-hydroxylation sites is 1. The van der Waals surface area contributed by atoms with Gasteiger partial charge in [-0.25, -0.2) is 9.36 Å². The lowest BCUT2D eigenvalue weighted by molar-refractivity contribution is 0.0699. The fourth-order valence-electron chi connectivity index (χ4n) is 3.18. The molecule has 9 nitrogen and oxygen atoms in total. The Balaban J connectivity index is 1.80. The molecule has 0 saturated carbocycles. The van der Waals surface area contributed by atoms with Crippen molar-refractivity contribution in [3.8, 4) is 12.0 Å². The molecule has 4 rings (SSSR count). The second kappa shape index (κ2) is 8.16. The Hall–Kier alpha value is -4.01. The van der Waals surface area contributed by atoms with E-state index in [-0.39, 0.29) is 17.5 Å². The van der Waals surface area contributed by atoms with E-state index >= 15 is 0 Å². The number of aromatic carboxylic acids is 1. The van der Waals surface area contributed by atoms with Gasteiger partial charge < -0.3 is 15.2 Å². The minimum absolute atomic E-state index is 0.0742. The van der Waals surface area contributed by atoms with Crippen LogP contribution in [0.3, 0.4) is 0 Å². The number of anilines is 1. The summed E-state index contributed by atoms with van der Waals surface area (Å²) in [5.74, 6) is -0.229. The zero-order valence-electron chi connectivity index (χ0n) is 16.5. The zero-order chi connectivity index (χ0) is 21.1. The molecule has 2 aromatic heterocycles. The zero-order valence-corrected chi connectivity index (χ0v) is 16.5. The molecule has 0 fully saturated rings. The van der Waals surface area contributed by atoms with Crippen molar-refractivity contribution in [2.24, 2.45) is 0 Å². The highest BCUT2D eigenvalue weighted by Gasteiger charge is 2.21. The number of carboxylic acids is 1. The molecule has 30 heavy (non-hydrogen) atoms. The molecule has 2 aromatic carbocycles. The molecule has 0 saturated heterocycles. The van der Waals surface area contributed by atoms with Crippen molar-refractivity contribution in [2.75, 3.05) is 12.4 Å². The second-order valence-corrected chi connectivity index (χ2v) is 6.51. The van der Waals surface area contributed by atoms with E-state index in [4.69, 9.17) is 4.74 Å². The minimum atomic E-state index is -1.07. The summed E-state index contributed by atoms with van der Waals surface area (Å²) in [4.78, 5) is 20.5. The molecule has 0 amide bonds. The number of fused-ring (bicyclic) bond motifs is 1. The first-order chi connectivity index (χ1) is 14.6. The lowest BCUT2D eigenvalue weighted by Crippen LogP contribution is -2.12. The average Bonchev–Trinajstić information content (AvgIpc) is 3.16. The SMILES string of the molecule is CCc1nnc(-n2c(OC)nc3c(C(=O)O)cccc32)nc1NCc1ccccc1. The number of ether oxygens (including phenoxy) is 1. The van der Waals surface area contributed by atoms with Crippen molar-refractivity contribution in [1.82, 2.24) is 24.7 Å². The molecule has 9 heteroatoms. The van der Waals surface area contributed by atoms with Crippen LogP contribution < -0.4 is 10.1 Å². The van der Waals surface area contributed by atoms with Gasteiger partial charge in [-0.05, 0) is 24.1 Å². The Bertz CT molecular complexity index is 1210. The van der Waals surface area contributed by atoms with Gasteiger partial charge in [0.2, 0.25) is 0 Å². The van der Waals surface area contributed by atoms with Gasteiger partial charge >= 0.3 is 12.0 Å². The highest BCUT2D eigenvalue weighted by molar-refractivity contribution is 6.01. The van der Waals surface area contributed by atoms with Crippen molar-refractivity contribution >= 4 is 22.8 Å². The van der Waals surface area contributed by atoms with E-state index in [1.165, 1.54) is 13.2 Å². The lowest BCUT2D eigenvalue weighted by Gasteiger charge is -2.12. The molecule has 0 radical (unpaired) electrons. The maximum Gasteiger partial charge on any atom is 0.337 e. The van der Waals surface area contributed by atoms with Crippen LogP contribution in [0.2, 0.25) is 0 Å². The number of aryl methyl sites for hydroxylation is 1. The van der Waals surface area contributed by atoms with Crippen molar-refractivity contribution in [3.05, 3.63) is 65.4 Å². The van der Waals surface area contributed by atoms with Crippen LogP contribution in [0.1, 0.15) is 28.5 Å². The number of hydrogen-bond donors (Lipinski definition) is 2. The summed E-state index contributed by atoms with van der Waals surface area (Å²) in [5, 5.41) is 21.3. The number of rotatable bonds is 7. The van der Waals surface area contributed by atoms with Crippen LogP contribution in [-0.2, 0) is 13.0 Å². The topological polar surface area (TPSA) is 115 Å². The normalized spacial score (nSPS) is 10.9. The molecule has 0 unspecified atom stereocenters. The third-order valence-electron chi connectivity index (χ3n) is 4.65. The predicted octanol–water partition coefficient (Wildman–Crippen LogP) is 3.09. The van der Waals surface area contributed by atoms with Crippen molar-refractivity contribution in [1.29, 1.82) is 0 Å². The van der Waals surface area contributed by atoms with E-state index in [9.17, 15) is 9.90 Å². The Kier molecular flexibility index (Phi) is 5.25. The smallest absolute Gasteiger partial charge is 0.337 e. The summed E-state index contributed by atoms with van der Waals surface area (Å²) in [6, 6.07) is 15.0. The standard InChI is InChI=1S/C21H20N6O3/c1-3-15-18(22-12-13-8-5-4-6-9-13)24-20(26-25-15)27-16-11-7-10-14(19(28)29)17(16)23-21(27)30-2/h4-11H,3,12H2,1-2H3,(H,28,29)(H,22,24,26). The van der Waals surface area contributed by atoms with Crippen LogP contribution in [0.4, 0.5) is 5.82 Å². The molecule has 0 atom stereocenters. The molecule has 0 aliphatic heterocycles. The maximum atomic E-state index is 11.6. The van der Waals surface area contributed by atoms with Crippen molar-refractivity contribution in [3.63, 3.8) is 0 Å². The number of methoxy groups -OCH3 is 1. The molecule has 2 heterocycles. The summed E-state index contributed by atoms with van der Waals surface area (Å²) in [7, 11) is 1.46. The number of nitrogens with one attached hydrogen (secondary N) is 1. The summed E-state index contributed by atoms with van der Waals surface area (Å²) >= 11 is 0. The average molecular weight is 404 g/mol. The molecular weight excluding hydrogens is 384 g/mol. The van der Waals surface area contributed by atoms with E-state index in [0.717, 1.165) is 11.3 Å². The van der Waals surface area contributed by atoms with Gasteiger partial charge in [0.25, 0.3) is 5.95 Å². The second-order valence-electron chi connectivity index (χ2n) is 6.51. The highest BCUT2D eigenvalue weighted by Crippen LogP contribution is 2.27. The molecular formula is C21H20N6O3. The summed E-state index contributed by atoms with van der Waals surface area (Å²) in [6.45, 7) is 2.56. The molecule has 2 N–H and O–H groups in total. The van der Waals surface area contributed by atoms with Crippen molar-refractivity contribution < 1.29 is 14.6 Å². The Labute approximate surface area is 172 Å². The number of aromatic nitrogens is 5. The number of benzene rings is 2. The minimum Gasteiger partial charge on any atom is -0.478 e. The van der Waals surface area contributed by atoms with Crippen LogP contribution in [0.5, 0.6) is 6.01 Å². The third kappa shape index (κ3) is 3.52. The summed E-state index contributed by atoms with van der Waals surface area (Å²) < 4.78 is 6.93. The molecule has 4 aromatic rings. The first-order valence-corrected chi connectivity index (χ1v) is 9.43. The fraction of sp³-hybridized carbons (Fsp3) is 0.190. The van der Waals surface area contributed by atoms with E-state index in [2.05, 4.69) is 25.5 Å². The van der Waals surface area contributed by atoms with Gasteiger partial charge in [0.05, 0.1) is 18.2 Å². The first-order valence-electron chi connectivity index (χ1n) is 9.43. The van der Waals surface area contributed by atoms with Crippen LogP contribution in [0, 0.1) is 0 Å². The van der Waals surface area contributed by atoms with E-state index in [0.29, 0.717) is 29.8 Å². The van der Waals surface area contributed by atoms with Gasteiger partial charge in [-0.15, -0.1) is 10.2 Å². The molecule has 0 aliphatic rings. The number of imidazole rings is 1. The molecule has 0 aliphatic carbocycles. The predicted molar refractivity (Wildman–Crippen MR) is 111 cm³/mol. The Morgan fingerprint density at radius 2 is 1.90 bits per heavy atom. The van der Waals surface area contributed by atoms with Gasteiger partial charge in [0.1, 0.15) is 11.2 Å². The number of nitrogens with zero attached hydrogens (tertiary/aromatic N) is 5. The maximum absolute atomic E-state index is 11.6. The number of carbonyl (C=O) groups is 1. The fourth-order valence-corrected chi connectivity index (χ4v) is 3.18. The third-order valence-corrected chi connectivity index (χ3v) is 4.65. The number of carboxylic acid groups (broad SMARTS) is 1. The first kappa shape index (κ1) is 19.3. The Morgan fingerprint density at radius 3 is 2.60 bits per heavy atom. The number of hydrogen-bond acceptors (Lipinski definition) is 7. The highest BCUT2D eigenvalue weighted by atomic mass is 16.5. The molecule has 152 valence electrons. The van der Waals surface area contributed by atoms with E-state index in [1.54, 1.807) is 16.7 Å². The van der Waals surface area contributed by atoms with Gasteiger partial charge in [0, 0.05) is 6.54 Å². The van der Waals surface area contributed by atoms with Crippen LogP contribution >= 0.6 is 0 Å². The molecule has 0 spiro atoms. The van der Waals surface area contributed by atoms with Crippen molar-refractivity contribution in [2.45, 2.75) is 19.9 Å². The summed E-state index contributed by atoms with van der Waals surface area (Å²) in [6.07, 6.45) is 0.655. The van der Waals surface area contributed by atoms with Gasteiger partial charge in [-0.2, -0.15) is 9.97 Å².